The fraction of sp³-hybridized carbons (Fsp3) is 0.0250. The van der Waals surface area contributed by atoms with E-state index in [1.807, 2.05) is 30.5 Å². The van der Waals surface area contributed by atoms with Crippen LogP contribution in [-0.4, -0.2) is 19.5 Å². The van der Waals surface area contributed by atoms with Crippen molar-refractivity contribution in [2.24, 2.45) is 0 Å². The van der Waals surface area contributed by atoms with Crippen LogP contribution in [0.3, 0.4) is 0 Å². The molecule has 0 aliphatic heterocycles. The molecule has 4 heterocycles. The van der Waals surface area contributed by atoms with Crippen molar-refractivity contribution in [3.8, 4) is 28.2 Å². The van der Waals surface area contributed by atoms with E-state index in [1.54, 1.807) is 12.4 Å². The molecule has 8 aromatic rings. The summed E-state index contributed by atoms with van der Waals surface area (Å²) in [5, 5.41) is 1.11. The van der Waals surface area contributed by atoms with Crippen molar-refractivity contribution in [1.29, 1.82) is 0 Å². The van der Waals surface area contributed by atoms with Crippen LogP contribution >= 0.6 is 0 Å². The smallest absolute Gasteiger partial charge is 0.138 e. The lowest BCUT2D eigenvalue weighted by molar-refractivity contribution is 0.769. The summed E-state index contributed by atoms with van der Waals surface area (Å²) in [5.41, 5.74) is 12.1. The minimum absolute atomic E-state index is 0.467. The van der Waals surface area contributed by atoms with Gasteiger partial charge in [-0.05, 0) is 81.9 Å². The van der Waals surface area contributed by atoms with E-state index in [2.05, 4.69) is 125 Å². The van der Waals surface area contributed by atoms with E-state index in [4.69, 9.17) is 9.97 Å². The Kier molecular flexibility index (Phi) is 5.38. The third-order valence-corrected chi connectivity index (χ3v) is 9.04. The topological polar surface area (TPSA) is 43.6 Å². The van der Waals surface area contributed by atoms with E-state index in [-0.39, 0.29) is 0 Å². The van der Waals surface area contributed by atoms with Crippen molar-refractivity contribution >= 4 is 21.9 Å². The van der Waals surface area contributed by atoms with E-state index in [0.717, 1.165) is 39.0 Å². The Morgan fingerprint density at radius 3 is 2.02 bits per heavy atom. The Bertz CT molecular complexity index is 2280. The molecular weight excluding hydrogens is 536 g/mol. The molecule has 0 fully saturated rings. The van der Waals surface area contributed by atoms with Crippen LogP contribution in [-0.2, 0) is 5.41 Å². The van der Waals surface area contributed by atoms with Gasteiger partial charge in [0.05, 0.1) is 27.7 Å². The fourth-order valence-electron chi connectivity index (χ4n) is 7.24. The summed E-state index contributed by atoms with van der Waals surface area (Å²) < 4.78 is 2.26. The van der Waals surface area contributed by atoms with Gasteiger partial charge in [-0.15, -0.1) is 0 Å². The second-order valence-electron chi connectivity index (χ2n) is 11.3. The van der Waals surface area contributed by atoms with E-state index in [1.165, 1.54) is 33.4 Å². The monoisotopic (exact) mass is 562 g/mol. The Labute approximate surface area is 255 Å². The van der Waals surface area contributed by atoms with Crippen molar-refractivity contribution in [3.63, 3.8) is 0 Å². The van der Waals surface area contributed by atoms with E-state index < -0.39 is 5.41 Å². The Morgan fingerprint density at radius 1 is 0.523 bits per heavy atom. The lowest BCUT2D eigenvalue weighted by atomic mass is 9.67. The van der Waals surface area contributed by atoms with Gasteiger partial charge in [0.15, 0.2) is 0 Å². The summed E-state index contributed by atoms with van der Waals surface area (Å²) in [5.74, 6) is 0.857. The van der Waals surface area contributed by atoms with Gasteiger partial charge in [0, 0.05) is 29.5 Å². The zero-order chi connectivity index (χ0) is 29.1. The average molecular weight is 563 g/mol. The highest BCUT2D eigenvalue weighted by molar-refractivity contribution is 6.10. The first-order valence-electron chi connectivity index (χ1n) is 14.9. The highest BCUT2D eigenvalue weighted by Crippen LogP contribution is 2.57. The zero-order valence-corrected chi connectivity index (χ0v) is 23.8. The zero-order valence-electron chi connectivity index (χ0n) is 23.8. The molecule has 4 aromatic carbocycles. The van der Waals surface area contributed by atoms with Crippen LogP contribution in [0.4, 0.5) is 0 Å². The third kappa shape index (κ3) is 3.42. The maximum Gasteiger partial charge on any atom is 0.138 e. The highest BCUT2D eigenvalue weighted by Gasteiger charge is 2.46. The number of rotatable bonds is 4. The molecule has 0 spiro atoms. The molecule has 4 nitrogen and oxygen atoms in total. The number of aromatic nitrogens is 4. The van der Waals surface area contributed by atoms with E-state index in [9.17, 15) is 0 Å². The van der Waals surface area contributed by atoms with Gasteiger partial charge in [-0.25, -0.2) is 4.98 Å². The fourth-order valence-corrected chi connectivity index (χ4v) is 7.24. The van der Waals surface area contributed by atoms with E-state index >= 15 is 0 Å². The first-order chi connectivity index (χ1) is 21.8. The lowest BCUT2D eigenvalue weighted by Gasteiger charge is -2.33. The van der Waals surface area contributed by atoms with Crippen LogP contribution in [0.1, 0.15) is 22.3 Å². The number of nitrogens with zero attached hydrogens (tertiary/aromatic N) is 4. The van der Waals surface area contributed by atoms with Crippen molar-refractivity contribution in [3.05, 3.63) is 180 Å². The van der Waals surface area contributed by atoms with Gasteiger partial charge in [0.1, 0.15) is 5.82 Å². The maximum absolute atomic E-state index is 5.15. The van der Waals surface area contributed by atoms with Gasteiger partial charge in [0.2, 0.25) is 0 Å². The quantitative estimate of drug-likeness (QED) is 0.215. The summed E-state index contributed by atoms with van der Waals surface area (Å²) in [6, 6.07) is 49.8. The average Bonchev–Trinajstić information content (AvgIpc) is 3.59. The first-order valence-corrected chi connectivity index (χ1v) is 14.9. The van der Waals surface area contributed by atoms with Crippen LogP contribution in [0.25, 0.3) is 50.1 Å². The minimum Gasteiger partial charge on any atom is -0.292 e. The largest absolute Gasteiger partial charge is 0.292 e. The van der Waals surface area contributed by atoms with Crippen molar-refractivity contribution < 1.29 is 0 Å². The first kappa shape index (κ1) is 24.7. The van der Waals surface area contributed by atoms with Crippen LogP contribution in [0.15, 0.2) is 158 Å². The minimum atomic E-state index is -0.467. The molecule has 44 heavy (non-hydrogen) atoms. The molecule has 0 bridgehead atoms. The molecule has 4 heteroatoms. The second kappa shape index (κ2) is 9.58. The third-order valence-electron chi connectivity index (χ3n) is 9.04. The summed E-state index contributed by atoms with van der Waals surface area (Å²) in [4.78, 5) is 14.3. The van der Waals surface area contributed by atoms with Gasteiger partial charge < -0.3 is 0 Å². The standard InChI is InChI=1S/C40H26N4/c1-3-11-28(12-4-1)40(29-13-5-2-6-14-29)33-16-8-7-15-30(33)31-26-37-32(25-34(31)40)39-36(18-10-22-42-39)44(37)38-19-9-17-35(43-38)27-20-23-41-24-21-27/h1-26H. The number of pyridine rings is 3. The normalized spacial score (nSPS) is 13.2. The number of fused-ring (bicyclic) bond motifs is 6. The van der Waals surface area contributed by atoms with Gasteiger partial charge >= 0.3 is 0 Å². The molecule has 1 aliphatic rings. The van der Waals surface area contributed by atoms with Crippen LogP contribution in [0.2, 0.25) is 0 Å². The molecular formula is C40H26N4. The van der Waals surface area contributed by atoms with Crippen LogP contribution in [0.5, 0.6) is 0 Å². The van der Waals surface area contributed by atoms with E-state index in [0.29, 0.717) is 0 Å². The van der Waals surface area contributed by atoms with Gasteiger partial charge in [-0.1, -0.05) is 91.0 Å². The van der Waals surface area contributed by atoms with Crippen LogP contribution in [0, 0.1) is 0 Å². The molecule has 0 saturated carbocycles. The SMILES string of the molecule is c1ccc(C2(c3ccccc3)c3ccccc3-c3cc4c(cc32)c2ncccc2n4-c2cccc(-c3ccncc3)n2)cc1. The van der Waals surface area contributed by atoms with Crippen LogP contribution < -0.4 is 0 Å². The molecule has 4 aromatic heterocycles. The highest BCUT2D eigenvalue weighted by atomic mass is 15.1. The molecule has 0 radical (unpaired) electrons. The molecule has 0 unspecified atom stereocenters. The van der Waals surface area contributed by atoms with Crippen molar-refractivity contribution in [1.82, 2.24) is 19.5 Å². The Morgan fingerprint density at radius 2 is 1.25 bits per heavy atom. The maximum atomic E-state index is 5.15. The summed E-state index contributed by atoms with van der Waals surface area (Å²) in [6.07, 6.45) is 5.50. The lowest BCUT2D eigenvalue weighted by Crippen LogP contribution is -2.28. The molecule has 9 rings (SSSR count). The number of hydrogen-bond acceptors (Lipinski definition) is 3. The van der Waals surface area contributed by atoms with Crippen molar-refractivity contribution in [2.75, 3.05) is 0 Å². The summed E-state index contributed by atoms with van der Waals surface area (Å²) >= 11 is 0. The molecule has 0 N–H and O–H groups in total. The van der Waals surface area contributed by atoms with Gasteiger partial charge in [-0.2, -0.15) is 0 Å². The Balaban J connectivity index is 1.40. The summed E-state index contributed by atoms with van der Waals surface area (Å²) in [6.45, 7) is 0. The predicted molar refractivity (Wildman–Crippen MR) is 177 cm³/mol. The number of benzene rings is 4. The predicted octanol–water partition coefficient (Wildman–Crippen LogP) is 9.00. The second-order valence-corrected chi connectivity index (χ2v) is 11.3. The number of hydrogen-bond donors (Lipinski definition) is 0. The molecule has 0 saturated heterocycles. The summed E-state index contributed by atoms with van der Waals surface area (Å²) in [7, 11) is 0. The van der Waals surface area contributed by atoms with Crippen molar-refractivity contribution in [2.45, 2.75) is 5.41 Å². The molecule has 1 aliphatic carbocycles. The molecule has 0 atom stereocenters. The Hall–Kier alpha value is -5.87. The van der Waals surface area contributed by atoms with Gasteiger partial charge in [-0.3, -0.25) is 14.5 Å². The molecule has 0 amide bonds. The van der Waals surface area contributed by atoms with Gasteiger partial charge in [0.25, 0.3) is 0 Å². The molecule has 206 valence electrons.